The van der Waals surface area contributed by atoms with Crippen LogP contribution in [0, 0.1) is 0 Å². The van der Waals surface area contributed by atoms with Crippen molar-refractivity contribution >= 4 is 16.7 Å². The van der Waals surface area contributed by atoms with Crippen LogP contribution in [0.15, 0.2) is 48.8 Å². The van der Waals surface area contributed by atoms with Gasteiger partial charge in [-0.3, -0.25) is 9.89 Å². The molecule has 6 nitrogen and oxygen atoms in total. The average molecular weight is 336 g/mol. The predicted molar refractivity (Wildman–Crippen MR) is 93.9 cm³/mol. The Morgan fingerprint density at radius 3 is 2.88 bits per heavy atom. The number of fused-ring (bicyclic) bond motifs is 1. The number of amides is 1. The van der Waals surface area contributed by atoms with Crippen LogP contribution in [0.5, 0.6) is 0 Å². The van der Waals surface area contributed by atoms with Gasteiger partial charge in [0, 0.05) is 20.1 Å². The SMILES string of the molecule is CO[C@@H]1C[C@@H](c2ncn[nH]2)N(C(=O)Cc2ccc3ccccc3c2)C1. The quantitative estimate of drug-likeness (QED) is 0.794. The number of rotatable bonds is 4. The smallest absolute Gasteiger partial charge is 0.227 e. The van der Waals surface area contributed by atoms with Gasteiger partial charge in [0.15, 0.2) is 0 Å². The predicted octanol–water partition coefficient (Wildman–Crippen LogP) is 2.49. The Morgan fingerprint density at radius 1 is 1.28 bits per heavy atom. The van der Waals surface area contributed by atoms with Gasteiger partial charge in [-0.2, -0.15) is 5.10 Å². The molecule has 4 rings (SSSR count). The van der Waals surface area contributed by atoms with Gasteiger partial charge >= 0.3 is 0 Å². The minimum Gasteiger partial charge on any atom is -0.380 e. The van der Waals surface area contributed by atoms with Crippen molar-refractivity contribution < 1.29 is 9.53 Å². The summed E-state index contributed by atoms with van der Waals surface area (Å²) in [6.07, 6.45) is 2.60. The maximum Gasteiger partial charge on any atom is 0.227 e. The van der Waals surface area contributed by atoms with Crippen LogP contribution in [0.4, 0.5) is 0 Å². The summed E-state index contributed by atoms with van der Waals surface area (Å²) in [5, 5.41) is 9.13. The molecule has 0 spiro atoms. The van der Waals surface area contributed by atoms with Gasteiger partial charge in [0.25, 0.3) is 0 Å². The third kappa shape index (κ3) is 3.13. The second-order valence-corrected chi connectivity index (χ2v) is 6.38. The van der Waals surface area contributed by atoms with Gasteiger partial charge in [0.1, 0.15) is 12.2 Å². The molecule has 1 aromatic heterocycles. The second kappa shape index (κ2) is 6.64. The van der Waals surface area contributed by atoms with Gasteiger partial charge in [0.05, 0.1) is 18.6 Å². The van der Waals surface area contributed by atoms with Crippen molar-refractivity contribution in [2.75, 3.05) is 13.7 Å². The number of H-pyrrole nitrogens is 1. The van der Waals surface area contributed by atoms with Gasteiger partial charge in [-0.25, -0.2) is 4.98 Å². The van der Waals surface area contributed by atoms with Crippen LogP contribution in [0.2, 0.25) is 0 Å². The molecule has 1 saturated heterocycles. The molecule has 1 N–H and O–H groups in total. The van der Waals surface area contributed by atoms with E-state index in [1.165, 1.54) is 11.7 Å². The van der Waals surface area contributed by atoms with E-state index in [0.29, 0.717) is 18.8 Å². The van der Waals surface area contributed by atoms with Gasteiger partial charge in [-0.1, -0.05) is 42.5 Å². The summed E-state index contributed by atoms with van der Waals surface area (Å²) in [5.41, 5.74) is 1.01. The zero-order valence-electron chi connectivity index (χ0n) is 14.1. The molecule has 128 valence electrons. The topological polar surface area (TPSA) is 71.1 Å². The molecule has 6 heteroatoms. The summed E-state index contributed by atoms with van der Waals surface area (Å²) in [5.74, 6) is 0.794. The Morgan fingerprint density at radius 2 is 2.12 bits per heavy atom. The number of aromatic nitrogens is 3. The van der Waals surface area contributed by atoms with E-state index in [1.54, 1.807) is 7.11 Å². The largest absolute Gasteiger partial charge is 0.380 e. The van der Waals surface area contributed by atoms with Crippen LogP contribution in [0.3, 0.4) is 0 Å². The molecule has 0 saturated carbocycles. The lowest BCUT2D eigenvalue weighted by atomic mass is 10.0. The molecule has 1 aliphatic rings. The zero-order chi connectivity index (χ0) is 17.2. The molecule has 25 heavy (non-hydrogen) atoms. The molecule has 1 amide bonds. The number of ether oxygens (including phenoxy) is 1. The number of benzene rings is 2. The normalized spacial score (nSPS) is 20.3. The molecule has 3 aromatic rings. The van der Waals surface area contributed by atoms with Crippen molar-refractivity contribution in [3.8, 4) is 0 Å². The molecule has 0 bridgehead atoms. The number of nitrogens with zero attached hydrogens (tertiary/aromatic N) is 3. The minimum absolute atomic E-state index is 0.0238. The van der Waals surface area contributed by atoms with Crippen molar-refractivity contribution in [1.82, 2.24) is 20.1 Å². The van der Waals surface area contributed by atoms with E-state index in [0.717, 1.165) is 17.4 Å². The van der Waals surface area contributed by atoms with Crippen LogP contribution < -0.4 is 0 Å². The van der Waals surface area contributed by atoms with E-state index >= 15 is 0 Å². The standard InChI is InChI=1S/C19H20N4O2/c1-25-16-10-17(19-20-12-21-22-19)23(11-16)18(24)9-13-6-7-14-4-2-3-5-15(14)8-13/h2-8,12,16-17H,9-11H2,1H3,(H,20,21,22)/t16-,17+/m1/s1. The fraction of sp³-hybridized carbons (Fsp3) is 0.316. The summed E-state index contributed by atoms with van der Waals surface area (Å²) in [7, 11) is 1.68. The number of methoxy groups -OCH3 is 1. The monoisotopic (exact) mass is 336 g/mol. The van der Waals surface area contributed by atoms with E-state index in [9.17, 15) is 4.79 Å². The Labute approximate surface area is 145 Å². The van der Waals surface area contributed by atoms with Crippen molar-refractivity contribution in [1.29, 1.82) is 0 Å². The summed E-state index contributed by atoms with van der Waals surface area (Å²) in [6, 6.07) is 14.2. The van der Waals surface area contributed by atoms with Crippen LogP contribution in [-0.4, -0.2) is 45.7 Å². The van der Waals surface area contributed by atoms with E-state index in [-0.39, 0.29) is 18.1 Å². The first-order chi connectivity index (χ1) is 12.2. The van der Waals surface area contributed by atoms with Gasteiger partial charge in [-0.15, -0.1) is 0 Å². The molecule has 0 radical (unpaired) electrons. The number of carbonyl (C=O) groups excluding carboxylic acids is 1. The number of hydrogen-bond donors (Lipinski definition) is 1. The van der Waals surface area contributed by atoms with Crippen molar-refractivity contribution in [3.05, 3.63) is 60.2 Å². The van der Waals surface area contributed by atoms with E-state index in [1.807, 2.05) is 23.1 Å². The van der Waals surface area contributed by atoms with Crippen molar-refractivity contribution in [2.24, 2.45) is 0 Å². The summed E-state index contributed by atoms with van der Waals surface area (Å²) < 4.78 is 5.47. The highest BCUT2D eigenvalue weighted by Gasteiger charge is 2.37. The fourth-order valence-electron chi connectivity index (χ4n) is 3.50. The second-order valence-electron chi connectivity index (χ2n) is 6.38. The molecule has 2 atom stereocenters. The van der Waals surface area contributed by atoms with Gasteiger partial charge in [-0.05, 0) is 16.3 Å². The fourth-order valence-corrected chi connectivity index (χ4v) is 3.50. The van der Waals surface area contributed by atoms with Crippen LogP contribution in [0.1, 0.15) is 23.9 Å². The van der Waals surface area contributed by atoms with Gasteiger partial charge < -0.3 is 9.64 Å². The first kappa shape index (κ1) is 15.8. The van der Waals surface area contributed by atoms with Crippen LogP contribution in [0.25, 0.3) is 10.8 Å². The van der Waals surface area contributed by atoms with E-state index in [2.05, 4.69) is 39.4 Å². The Bertz CT molecular complexity index is 878. The number of carbonyl (C=O) groups is 1. The lowest BCUT2D eigenvalue weighted by Crippen LogP contribution is -2.33. The molecule has 0 aliphatic carbocycles. The highest BCUT2D eigenvalue weighted by atomic mass is 16.5. The average Bonchev–Trinajstić information content (AvgIpc) is 3.30. The lowest BCUT2D eigenvalue weighted by molar-refractivity contribution is -0.131. The lowest BCUT2D eigenvalue weighted by Gasteiger charge is -2.22. The molecule has 2 heterocycles. The first-order valence-electron chi connectivity index (χ1n) is 8.40. The number of nitrogens with one attached hydrogen (secondary N) is 1. The highest BCUT2D eigenvalue weighted by molar-refractivity contribution is 5.85. The van der Waals surface area contributed by atoms with Crippen LogP contribution in [-0.2, 0) is 16.0 Å². The van der Waals surface area contributed by atoms with E-state index in [4.69, 9.17) is 4.74 Å². The molecular formula is C19H20N4O2. The molecule has 1 aliphatic heterocycles. The van der Waals surface area contributed by atoms with Crippen molar-refractivity contribution in [3.63, 3.8) is 0 Å². The number of hydrogen-bond acceptors (Lipinski definition) is 4. The zero-order valence-corrected chi connectivity index (χ0v) is 14.1. The summed E-state index contributed by atoms with van der Waals surface area (Å²) in [4.78, 5) is 19.0. The first-order valence-corrected chi connectivity index (χ1v) is 8.40. The Kier molecular flexibility index (Phi) is 4.19. The molecule has 2 aromatic carbocycles. The maximum atomic E-state index is 12.9. The Hall–Kier alpha value is -2.73. The Balaban J connectivity index is 1.55. The number of aromatic amines is 1. The van der Waals surface area contributed by atoms with Crippen LogP contribution >= 0.6 is 0 Å². The molecular weight excluding hydrogens is 316 g/mol. The summed E-state index contributed by atoms with van der Waals surface area (Å²) >= 11 is 0. The van der Waals surface area contributed by atoms with Gasteiger partial charge in [0.2, 0.25) is 5.91 Å². The van der Waals surface area contributed by atoms with E-state index < -0.39 is 0 Å². The third-order valence-electron chi connectivity index (χ3n) is 4.83. The summed E-state index contributed by atoms with van der Waals surface area (Å²) in [6.45, 7) is 0.578. The number of likely N-dealkylation sites (tertiary alicyclic amines) is 1. The highest BCUT2D eigenvalue weighted by Crippen LogP contribution is 2.31. The molecule has 1 fully saturated rings. The third-order valence-corrected chi connectivity index (χ3v) is 4.83. The molecule has 0 unspecified atom stereocenters. The maximum absolute atomic E-state index is 12.9. The minimum atomic E-state index is -0.111. The van der Waals surface area contributed by atoms with Crippen molar-refractivity contribution in [2.45, 2.75) is 25.0 Å².